The standard InChI is InChI=1S/C19H14ClFN2OS/c20-14-7-1-5-13(10-14)18-22-16(11-25-18)19(24)23-9-3-6-12-4-2-8-15(21)17(12)23/h1-2,4-5,7-8,10-11H,3,6,9H2. The minimum absolute atomic E-state index is 0.268. The van der Waals surface area contributed by atoms with Crippen molar-refractivity contribution in [3.63, 3.8) is 0 Å². The van der Waals surface area contributed by atoms with Gasteiger partial charge in [-0.2, -0.15) is 0 Å². The van der Waals surface area contributed by atoms with E-state index in [0.717, 1.165) is 29.0 Å². The van der Waals surface area contributed by atoms with Crippen molar-refractivity contribution < 1.29 is 9.18 Å². The van der Waals surface area contributed by atoms with E-state index in [1.807, 2.05) is 24.3 Å². The van der Waals surface area contributed by atoms with Crippen LogP contribution in [0.2, 0.25) is 5.02 Å². The highest BCUT2D eigenvalue weighted by Crippen LogP contribution is 2.32. The van der Waals surface area contributed by atoms with Gasteiger partial charge in [0, 0.05) is 22.5 Å². The Morgan fingerprint density at radius 1 is 1.24 bits per heavy atom. The first-order valence-electron chi connectivity index (χ1n) is 7.94. The average Bonchev–Trinajstić information content (AvgIpc) is 3.11. The minimum atomic E-state index is -0.365. The van der Waals surface area contributed by atoms with Crippen LogP contribution in [0.1, 0.15) is 22.5 Å². The number of rotatable bonds is 2. The Balaban J connectivity index is 1.68. The van der Waals surface area contributed by atoms with Gasteiger partial charge in [-0.25, -0.2) is 9.37 Å². The van der Waals surface area contributed by atoms with Crippen LogP contribution in [-0.2, 0) is 6.42 Å². The third kappa shape index (κ3) is 3.05. The molecule has 3 aromatic rings. The van der Waals surface area contributed by atoms with Gasteiger partial charge >= 0.3 is 0 Å². The summed E-state index contributed by atoms with van der Waals surface area (Å²) in [7, 11) is 0. The molecular formula is C19H14ClFN2OS. The van der Waals surface area contributed by atoms with E-state index in [4.69, 9.17) is 11.6 Å². The van der Waals surface area contributed by atoms with Gasteiger partial charge in [0.1, 0.15) is 16.5 Å². The summed E-state index contributed by atoms with van der Waals surface area (Å²) < 4.78 is 14.3. The Kier molecular flexibility index (Phi) is 4.27. The zero-order valence-corrected chi connectivity index (χ0v) is 14.8. The van der Waals surface area contributed by atoms with E-state index in [0.29, 0.717) is 22.9 Å². The molecule has 1 aliphatic rings. The molecule has 0 bridgehead atoms. The summed E-state index contributed by atoms with van der Waals surface area (Å²) in [4.78, 5) is 18.9. The summed E-state index contributed by atoms with van der Waals surface area (Å²) >= 11 is 7.40. The fraction of sp³-hybridized carbons (Fsp3) is 0.158. The number of carbonyl (C=O) groups excluding carboxylic acids is 1. The molecule has 0 radical (unpaired) electrons. The fourth-order valence-electron chi connectivity index (χ4n) is 3.07. The zero-order valence-electron chi connectivity index (χ0n) is 13.2. The molecule has 3 nitrogen and oxygen atoms in total. The van der Waals surface area contributed by atoms with Crippen LogP contribution in [0.5, 0.6) is 0 Å². The van der Waals surface area contributed by atoms with Crippen LogP contribution in [0.4, 0.5) is 10.1 Å². The van der Waals surface area contributed by atoms with Crippen molar-refractivity contribution in [2.24, 2.45) is 0 Å². The molecule has 4 rings (SSSR count). The number of carbonyl (C=O) groups is 1. The molecule has 25 heavy (non-hydrogen) atoms. The van der Waals surface area contributed by atoms with Gasteiger partial charge in [-0.15, -0.1) is 11.3 Å². The number of anilines is 1. The Morgan fingerprint density at radius 2 is 2.08 bits per heavy atom. The molecule has 0 atom stereocenters. The minimum Gasteiger partial charge on any atom is -0.304 e. The van der Waals surface area contributed by atoms with Crippen LogP contribution < -0.4 is 4.90 Å². The fourth-order valence-corrected chi connectivity index (χ4v) is 4.05. The number of halogens is 2. The van der Waals surface area contributed by atoms with Crippen molar-refractivity contribution in [3.8, 4) is 10.6 Å². The first-order valence-corrected chi connectivity index (χ1v) is 9.20. The Labute approximate surface area is 153 Å². The predicted octanol–water partition coefficient (Wildman–Crippen LogP) is 5.20. The number of amides is 1. The highest BCUT2D eigenvalue weighted by Gasteiger charge is 2.27. The van der Waals surface area contributed by atoms with E-state index in [1.165, 1.54) is 22.3 Å². The molecule has 2 heterocycles. The maximum absolute atomic E-state index is 14.3. The zero-order chi connectivity index (χ0) is 17.4. The number of hydrogen-bond acceptors (Lipinski definition) is 3. The molecule has 1 aliphatic heterocycles. The van der Waals surface area contributed by atoms with Gasteiger partial charge in [-0.05, 0) is 36.6 Å². The molecule has 0 N–H and O–H groups in total. The molecule has 2 aromatic carbocycles. The number of benzene rings is 2. The van der Waals surface area contributed by atoms with Gasteiger partial charge < -0.3 is 4.90 Å². The highest BCUT2D eigenvalue weighted by atomic mass is 35.5. The molecule has 0 saturated carbocycles. The van der Waals surface area contributed by atoms with E-state index < -0.39 is 0 Å². The Bertz CT molecular complexity index is 956. The molecule has 1 aromatic heterocycles. The van der Waals surface area contributed by atoms with Crippen LogP contribution in [0.3, 0.4) is 0 Å². The third-order valence-corrected chi connectivity index (χ3v) is 5.33. The molecule has 0 unspecified atom stereocenters. The molecular weight excluding hydrogens is 359 g/mol. The van der Waals surface area contributed by atoms with E-state index >= 15 is 0 Å². The maximum atomic E-state index is 14.3. The summed E-state index contributed by atoms with van der Waals surface area (Å²) in [5, 5.41) is 3.05. The maximum Gasteiger partial charge on any atom is 0.277 e. The van der Waals surface area contributed by atoms with Crippen molar-refractivity contribution >= 4 is 34.5 Å². The Morgan fingerprint density at radius 3 is 2.92 bits per heavy atom. The Hall–Kier alpha value is -2.24. The number of aryl methyl sites for hydroxylation is 1. The second-order valence-corrected chi connectivity index (χ2v) is 7.15. The van der Waals surface area contributed by atoms with Crippen molar-refractivity contribution in [1.82, 2.24) is 4.98 Å². The molecule has 0 aliphatic carbocycles. The van der Waals surface area contributed by atoms with Crippen LogP contribution in [0.25, 0.3) is 10.6 Å². The second-order valence-electron chi connectivity index (χ2n) is 5.86. The first-order chi connectivity index (χ1) is 12.1. The number of hydrogen-bond donors (Lipinski definition) is 0. The lowest BCUT2D eigenvalue weighted by molar-refractivity contribution is 0.0980. The topological polar surface area (TPSA) is 33.2 Å². The molecule has 6 heteroatoms. The van der Waals surface area contributed by atoms with Gasteiger partial charge in [-0.3, -0.25) is 4.79 Å². The van der Waals surface area contributed by atoms with Crippen LogP contribution in [-0.4, -0.2) is 17.4 Å². The van der Waals surface area contributed by atoms with Crippen LogP contribution in [0.15, 0.2) is 47.8 Å². The van der Waals surface area contributed by atoms with Crippen LogP contribution >= 0.6 is 22.9 Å². The van der Waals surface area contributed by atoms with Crippen molar-refractivity contribution in [1.29, 1.82) is 0 Å². The van der Waals surface area contributed by atoms with Crippen molar-refractivity contribution in [2.45, 2.75) is 12.8 Å². The van der Waals surface area contributed by atoms with Gasteiger partial charge in [0.25, 0.3) is 5.91 Å². The first kappa shape index (κ1) is 16.2. The van der Waals surface area contributed by atoms with E-state index in [1.54, 1.807) is 17.5 Å². The van der Waals surface area contributed by atoms with Gasteiger partial charge in [0.15, 0.2) is 0 Å². The van der Waals surface area contributed by atoms with E-state index in [-0.39, 0.29) is 11.7 Å². The lowest BCUT2D eigenvalue weighted by atomic mass is 10.0. The van der Waals surface area contributed by atoms with Gasteiger partial charge in [0.05, 0.1) is 5.69 Å². The van der Waals surface area contributed by atoms with Gasteiger partial charge in [-0.1, -0.05) is 35.9 Å². The summed E-state index contributed by atoms with van der Waals surface area (Å²) in [5.41, 5.74) is 2.44. The molecule has 0 spiro atoms. The van der Waals surface area contributed by atoms with E-state index in [2.05, 4.69) is 4.98 Å². The summed E-state index contributed by atoms with van der Waals surface area (Å²) in [6.07, 6.45) is 1.59. The highest BCUT2D eigenvalue weighted by molar-refractivity contribution is 7.13. The average molecular weight is 373 g/mol. The molecule has 0 saturated heterocycles. The lowest BCUT2D eigenvalue weighted by Gasteiger charge is -2.29. The summed E-state index contributed by atoms with van der Waals surface area (Å²) in [6.45, 7) is 0.497. The number of nitrogens with zero attached hydrogens (tertiary/aromatic N) is 2. The smallest absolute Gasteiger partial charge is 0.277 e. The lowest BCUT2D eigenvalue weighted by Crippen LogP contribution is -2.36. The summed E-state index contributed by atoms with van der Waals surface area (Å²) in [5.74, 6) is -0.633. The quantitative estimate of drug-likeness (QED) is 0.619. The monoisotopic (exact) mass is 372 g/mol. The van der Waals surface area contributed by atoms with Crippen molar-refractivity contribution in [2.75, 3.05) is 11.4 Å². The number of fused-ring (bicyclic) bond motifs is 1. The van der Waals surface area contributed by atoms with Crippen LogP contribution in [0, 0.1) is 5.82 Å². The van der Waals surface area contributed by atoms with Crippen molar-refractivity contribution in [3.05, 3.63) is 69.9 Å². The number of aromatic nitrogens is 1. The number of thiazole rings is 1. The predicted molar refractivity (Wildman–Crippen MR) is 99.0 cm³/mol. The molecule has 0 fully saturated rings. The SMILES string of the molecule is O=C(c1csc(-c2cccc(Cl)c2)n1)N1CCCc2cccc(F)c21. The molecule has 1 amide bonds. The second kappa shape index (κ2) is 6.58. The largest absolute Gasteiger partial charge is 0.304 e. The molecule has 126 valence electrons. The third-order valence-electron chi connectivity index (χ3n) is 4.21. The van der Waals surface area contributed by atoms with E-state index in [9.17, 15) is 9.18 Å². The summed E-state index contributed by atoms with van der Waals surface area (Å²) in [6, 6.07) is 12.3. The normalized spacial score (nSPS) is 13.6. The van der Waals surface area contributed by atoms with Gasteiger partial charge in [0.2, 0.25) is 0 Å². The number of para-hydroxylation sites is 1.